The highest BCUT2D eigenvalue weighted by Crippen LogP contribution is 2.25. The van der Waals surface area contributed by atoms with E-state index in [0.717, 1.165) is 16.7 Å². The summed E-state index contributed by atoms with van der Waals surface area (Å²) in [6, 6.07) is 15.9. The van der Waals surface area contributed by atoms with Gasteiger partial charge in [-0.25, -0.2) is 4.98 Å². The molecule has 1 aliphatic rings. The van der Waals surface area contributed by atoms with E-state index in [9.17, 15) is 14.4 Å². The van der Waals surface area contributed by atoms with Gasteiger partial charge in [-0.1, -0.05) is 30.3 Å². The molecule has 0 radical (unpaired) electrons. The summed E-state index contributed by atoms with van der Waals surface area (Å²) in [6.45, 7) is 1.90. The average Bonchev–Trinajstić information content (AvgIpc) is 3.31. The summed E-state index contributed by atoms with van der Waals surface area (Å²) in [6.07, 6.45) is 0.124. The molecular weight excluding hydrogens is 370 g/mol. The van der Waals surface area contributed by atoms with Gasteiger partial charge in [-0.15, -0.1) is 0 Å². The van der Waals surface area contributed by atoms with Crippen LogP contribution in [0.1, 0.15) is 13.3 Å². The number of carbonyl (C=O) groups excluding carboxylic acids is 3. The third-order valence-corrected chi connectivity index (χ3v) is 4.95. The maximum Gasteiger partial charge on any atom is 0.248 e. The van der Waals surface area contributed by atoms with Gasteiger partial charge in [0.1, 0.15) is 6.04 Å². The number of imidazole rings is 1. The van der Waals surface area contributed by atoms with E-state index in [1.54, 1.807) is 11.8 Å². The molecule has 148 valence electrons. The smallest absolute Gasteiger partial charge is 0.248 e. The van der Waals surface area contributed by atoms with E-state index >= 15 is 0 Å². The molecule has 0 aliphatic carbocycles. The second-order valence-electron chi connectivity index (χ2n) is 7.06. The van der Waals surface area contributed by atoms with E-state index in [-0.39, 0.29) is 24.1 Å². The van der Waals surface area contributed by atoms with Crippen molar-refractivity contribution in [2.45, 2.75) is 19.4 Å². The van der Waals surface area contributed by atoms with Crippen LogP contribution in [0.15, 0.2) is 54.6 Å². The van der Waals surface area contributed by atoms with E-state index < -0.39 is 12.0 Å². The molecule has 0 saturated carbocycles. The Morgan fingerprint density at radius 2 is 1.86 bits per heavy atom. The van der Waals surface area contributed by atoms with Gasteiger partial charge < -0.3 is 15.2 Å². The van der Waals surface area contributed by atoms with Gasteiger partial charge in [-0.2, -0.15) is 0 Å². The molecule has 2 atom stereocenters. The van der Waals surface area contributed by atoms with Crippen molar-refractivity contribution < 1.29 is 14.4 Å². The van der Waals surface area contributed by atoms with Crippen molar-refractivity contribution in [1.29, 1.82) is 0 Å². The van der Waals surface area contributed by atoms with Gasteiger partial charge in [0.2, 0.25) is 23.7 Å². The first-order valence-corrected chi connectivity index (χ1v) is 9.42. The van der Waals surface area contributed by atoms with Crippen LogP contribution in [0.3, 0.4) is 0 Å². The van der Waals surface area contributed by atoms with Crippen LogP contribution in [-0.2, 0) is 14.4 Å². The second kappa shape index (κ2) is 7.75. The van der Waals surface area contributed by atoms with Gasteiger partial charge in [0, 0.05) is 18.7 Å². The minimum Gasteiger partial charge on any atom is -0.344 e. The lowest BCUT2D eigenvalue weighted by Crippen LogP contribution is -2.44. The fraction of sp³-hybridized carbons (Fsp3) is 0.238. The maximum absolute atomic E-state index is 12.6. The number of carbonyl (C=O) groups is 3. The number of aromatic amines is 1. The van der Waals surface area contributed by atoms with Crippen LogP contribution < -0.4 is 15.5 Å². The van der Waals surface area contributed by atoms with Gasteiger partial charge in [-0.3, -0.25) is 19.7 Å². The number of hydrogen-bond acceptors (Lipinski definition) is 4. The lowest BCUT2D eigenvalue weighted by Gasteiger charge is -2.18. The number of anilines is 2. The Bertz CT molecular complexity index is 1030. The fourth-order valence-corrected chi connectivity index (χ4v) is 3.37. The molecule has 1 fully saturated rings. The zero-order valence-electron chi connectivity index (χ0n) is 15.9. The summed E-state index contributed by atoms with van der Waals surface area (Å²) in [5, 5.41) is 5.37. The summed E-state index contributed by atoms with van der Waals surface area (Å²) < 4.78 is 0. The van der Waals surface area contributed by atoms with Crippen LogP contribution in [0, 0.1) is 5.92 Å². The Hall–Kier alpha value is -3.68. The third kappa shape index (κ3) is 3.96. The van der Waals surface area contributed by atoms with Crippen molar-refractivity contribution in [2.75, 3.05) is 16.8 Å². The molecule has 2 heterocycles. The Balaban J connectivity index is 1.35. The van der Waals surface area contributed by atoms with Crippen LogP contribution in [0.25, 0.3) is 11.0 Å². The quantitative estimate of drug-likeness (QED) is 0.619. The number of nitrogens with one attached hydrogen (secondary N) is 3. The monoisotopic (exact) mass is 391 g/mol. The molecule has 3 aromatic rings. The SMILES string of the molecule is CC(NC(=O)C1CC(=O)N(c2ccccc2)C1)C(=O)Nc1nc2ccccc2[nH]1. The second-order valence-corrected chi connectivity index (χ2v) is 7.06. The normalized spacial score (nSPS) is 17.3. The van der Waals surface area contributed by atoms with E-state index in [2.05, 4.69) is 20.6 Å². The summed E-state index contributed by atoms with van der Waals surface area (Å²) >= 11 is 0. The van der Waals surface area contributed by atoms with Crippen LogP contribution >= 0.6 is 0 Å². The van der Waals surface area contributed by atoms with Gasteiger partial charge in [0.15, 0.2) is 0 Å². The largest absolute Gasteiger partial charge is 0.344 e. The van der Waals surface area contributed by atoms with Crippen LogP contribution in [-0.4, -0.2) is 40.3 Å². The fourth-order valence-electron chi connectivity index (χ4n) is 3.37. The third-order valence-electron chi connectivity index (χ3n) is 4.95. The topological polar surface area (TPSA) is 107 Å². The molecule has 3 amide bonds. The minimum atomic E-state index is -0.767. The number of amides is 3. The van der Waals surface area contributed by atoms with E-state index in [4.69, 9.17) is 0 Å². The maximum atomic E-state index is 12.6. The molecule has 0 bridgehead atoms. The Morgan fingerprint density at radius 1 is 1.14 bits per heavy atom. The van der Waals surface area contributed by atoms with Crippen molar-refractivity contribution in [3.05, 3.63) is 54.6 Å². The van der Waals surface area contributed by atoms with E-state index in [1.165, 1.54) is 0 Å². The van der Waals surface area contributed by atoms with E-state index in [1.807, 2.05) is 54.6 Å². The zero-order chi connectivity index (χ0) is 20.4. The molecule has 1 saturated heterocycles. The molecule has 0 spiro atoms. The molecule has 1 aromatic heterocycles. The Morgan fingerprint density at radius 3 is 2.62 bits per heavy atom. The highest BCUT2D eigenvalue weighted by atomic mass is 16.2. The van der Waals surface area contributed by atoms with Gasteiger partial charge in [-0.05, 0) is 31.2 Å². The molecule has 8 nitrogen and oxygen atoms in total. The van der Waals surface area contributed by atoms with Crippen molar-refractivity contribution in [1.82, 2.24) is 15.3 Å². The molecule has 8 heteroatoms. The standard InChI is InChI=1S/C21H21N5O3/c1-13(19(28)25-21-23-16-9-5-6-10-17(16)24-21)22-20(29)14-11-18(27)26(12-14)15-7-3-2-4-8-15/h2-10,13-14H,11-12H2,1H3,(H,22,29)(H2,23,24,25,28). The average molecular weight is 391 g/mol. The first-order valence-electron chi connectivity index (χ1n) is 9.42. The summed E-state index contributed by atoms with van der Waals surface area (Å²) in [5.74, 6) is -0.978. The van der Waals surface area contributed by atoms with Crippen LogP contribution in [0.4, 0.5) is 11.6 Å². The molecule has 3 N–H and O–H groups in total. The number of fused-ring (bicyclic) bond motifs is 1. The van der Waals surface area contributed by atoms with Crippen molar-refractivity contribution in [3.8, 4) is 0 Å². The summed E-state index contributed by atoms with van der Waals surface area (Å²) in [7, 11) is 0. The van der Waals surface area contributed by atoms with Crippen molar-refractivity contribution in [2.24, 2.45) is 5.92 Å². The van der Waals surface area contributed by atoms with Gasteiger partial charge in [0.25, 0.3) is 0 Å². The summed E-state index contributed by atoms with van der Waals surface area (Å²) in [5.41, 5.74) is 2.32. The minimum absolute atomic E-state index is 0.101. The number of hydrogen-bond donors (Lipinski definition) is 3. The number of H-pyrrole nitrogens is 1. The zero-order valence-corrected chi connectivity index (χ0v) is 15.9. The van der Waals surface area contributed by atoms with Crippen LogP contribution in [0.5, 0.6) is 0 Å². The highest BCUT2D eigenvalue weighted by molar-refractivity contribution is 6.02. The van der Waals surface area contributed by atoms with Crippen molar-refractivity contribution in [3.63, 3.8) is 0 Å². The Labute approximate surface area is 167 Å². The predicted octanol–water partition coefficient (Wildman–Crippen LogP) is 2.06. The van der Waals surface area contributed by atoms with Crippen LogP contribution in [0.2, 0.25) is 0 Å². The van der Waals surface area contributed by atoms with Gasteiger partial charge in [0.05, 0.1) is 17.0 Å². The van der Waals surface area contributed by atoms with E-state index in [0.29, 0.717) is 12.5 Å². The first kappa shape index (κ1) is 18.7. The number of benzene rings is 2. The van der Waals surface area contributed by atoms with Crippen molar-refractivity contribution >= 4 is 40.4 Å². The van der Waals surface area contributed by atoms with Gasteiger partial charge >= 0.3 is 0 Å². The molecular formula is C21H21N5O3. The number of aromatic nitrogens is 2. The lowest BCUT2D eigenvalue weighted by atomic mass is 10.1. The first-order chi connectivity index (χ1) is 14.0. The molecule has 29 heavy (non-hydrogen) atoms. The summed E-state index contributed by atoms with van der Waals surface area (Å²) in [4.78, 5) is 46.2. The number of para-hydroxylation sites is 3. The molecule has 4 rings (SSSR count). The molecule has 2 aromatic carbocycles. The number of rotatable bonds is 5. The molecule has 2 unspecified atom stereocenters. The Kier molecular flexibility index (Phi) is 4.99. The molecule has 1 aliphatic heterocycles. The number of nitrogens with zero attached hydrogens (tertiary/aromatic N) is 2. The predicted molar refractivity (Wildman–Crippen MR) is 109 cm³/mol. The lowest BCUT2D eigenvalue weighted by molar-refractivity contribution is -0.129. The highest BCUT2D eigenvalue weighted by Gasteiger charge is 2.36.